The number of carbonyl (C=O) groups excluding carboxylic acids is 1. The Hall–Kier alpha value is -2.67. The molecule has 0 saturated heterocycles. The molecule has 0 spiro atoms. The summed E-state index contributed by atoms with van der Waals surface area (Å²) in [5.41, 5.74) is 0.786. The minimum absolute atomic E-state index is 0.274. The van der Waals surface area contributed by atoms with Crippen molar-refractivity contribution in [2.45, 2.75) is 32.9 Å². The molecule has 1 amide bonds. The van der Waals surface area contributed by atoms with Gasteiger partial charge in [-0.2, -0.15) is 0 Å². The fourth-order valence-electron chi connectivity index (χ4n) is 1.90. The first kappa shape index (κ1) is 15.7. The van der Waals surface area contributed by atoms with Crippen LogP contribution in [0.5, 0.6) is 0 Å². The van der Waals surface area contributed by atoms with Crippen molar-refractivity contribution >= 4 is 11.8 Å². The van der Waals surface area contributed by atoms with E-state index in [1.807, 2.05) is 45.0 Å². The highest BCUT2D eigenvalue weighted by molar-refractivity contribution is 5.88. The Balaban J connectivity index is 2.32. The normalized spacial score (nSPS) is 10.8. The van der Waals surface area contributed by atoms with Crippen LogP contribution in [0, 0.1) is 12.3 Å². The van der Waals surface area contributed by atoms with Crippen LogP contribution >= 0.6 is 0 Å². The molecule has 2 aromatic rings. The lowest BCUT2D eigenvalue weighted by Crippen LogP contribution is -2.36. The highest BCUT2D eigenvalue weighted by atomic mass is 16.6. The zero-order valence-corrected chi connectivity index (χ0v) is 13.0. The average Bonchev–Trinajstić information content (AvgIpc) is 2.96. The lowest BCUT2D eigenvalue weighted by molar-refractivity contribution is 0.0575. The van der Waals surface area contributed by atoms with Crippen LogP contribution in [-0.4, -0.2) is 11.7 Å². The summed E-state index contributed by atoms with van der Waals surface area (Å²) in [6.45, 7) is 5.76. The number of carbonyl (C=O) groups is 1. The summed E-state index contributed by atoms with van der Waals surface area (Å²) in [4.78, 5) is 14.0. The van der Waals surface area contributed by atoms with Gasteiger partial charge in [-0.1, -0.05) is 12.0 Å². The number of terminal acetylenes is 1. The van der Waals surface area contributed by atoms with Crippen LogP contribution in [0.15, 0.2) is 47.1 Å². The quantitative estimate of drug-likeness (QED) is 0.797. The fraction of sp³-hybridized carbons (Fsp3) is 0.278. The van der Waals surface area contributed by atoms with Gasteiger partial charge in [0.05, 0.1) is 12.8 Å². The van der Waals surface area contributed by atoms with Crippen molar-refractivity contribution in [3.63, 3.8) is 0 Å². The molecule has 114 valence electrons. The molecular weight excluding hydrogens is 278 g/mol. The van der Waals surface area contributed by atoms with Gasteiger partial charge >= 0.3 is 6.09 Å². The number of benzene rings is 1. The maximum Gasteiger partial charge on any atom is 0.415 e. The van der Waals surface area contributed by atoms with Gasteiger partial charge in [-0.3, -0.25) is 4.90 Å². The van der Waals surface area contributed by atoms with Gasteiger partial charge in [0.1, 0.15) is 11.4 Å². The van der Waals surface area contributed by atoms with Gasteiger partial charge in [-0.15, -0.1) is 6.42 Å². The minimum atomic E-state index is -0.581. The molecule has 0 aliphatic carbocycles. The first-order valence-corrected chi connectivity index (χ1v) is 6.98. The number of furan rings is 1. The summed E-state index contributed by atoms with van der Waals surface area (Å²) in [6, 6.07) is 10.8. The Labute approximate surface area is 130 Å². The minimum Gasteiger partial charge on any atom is -0.467 e. The summed E-state index contributed by atoms with van der Waals surface area (Å²) in [5, 5.41) is 0. The second kappa shape index (κ2) is 6.40. The van der Waals surface area contributed by atoms with E-state index >= 15 is 0 Å². The summed E-state index contributed by atoms with van der Waals surface area (Å²) in [6.07, 6.45) is 6.55. The Kier molecular flexibility index (Phi) is 4.57. The molecule has 1 heterocycles. The zero-order valence-electron chi connectivity index (χ0n) is 13.0. The zero-order chi connectivity index (χ0) is 16.2. The van der Waals surface area contributed by atoms with E-state index in [-0.39, 0.29) is 6.54 Å². The van der Waals surface area contributed by atoms with Crippen LogP contribution in [0.3, 0.4) is 0 Å². The first-order valence-electron chi connectivity index (χ1n) is 6.98. The van der Waals surface area contributed by atoms with E-state index in [9.17, 15) is 4.79 Å². The third kappa shape index (κ3) is 4.16. The molecule has 4 nitrogen and oxygen atoms in total. The van der Waals surface area contributed by atoms with E-state index in [0.29, 0.717) is 17.0 Å². The maximum absolute atomic E-state index is 12.5. The molecule has 22 heavy (non-hydrogen) atoms. The van der Waals surface area contributed by atoms with Crippen LogP contribution < -0.4 is 4.90 Å². The number of amides is 1. The topological polar surface area (TPSA) is 42.7 Å². The van der Waals surface area contributed by atoms with Gasteiger partial charge < -0.3 is 9.15 Å². The molecule has 1 aromatic carbocycles. The smallest absolute Gasteiger partial charge is 0.415 e. The van der Waals surface area contributed by atoms with E-state index in [4.69, 9.17) is 15.6 Å². The Morgan fingerprint density at radius 2 is 2.09 bits per heavy atom. The molecule has 4 heteroatoms. The molecular formula is C18H19NO3. The first-order chi connectivity index (χ1) is 10.4. The molecule has 1 aromatic heterocycles. The van der Waals surface area contributed by atoms with E-state index in [2.05, 4.69) is 5.92 Å². The molecule has 0 aliphatic rings. The highest BCUT2D eigenvalue weighted by Crippen LogP contribution is 2.22. The van der Waals surface area contributed by atoms with Crippen molar-refractivity contribution in [2.75, 3.05) is 4.90 Å². The van der Waals surface area contributed by atoms with E-state index in [1.165, 1.54) is 4.90 Å². The summed E-state index contributed by atoms with van der Waals surface area (Å²) in [5.74, 6) is 3.23. The van der Waals surface area contributed by atoms with Gasteiger partial charge in [0.2, 0.25) is 0 Å². The van der Waals surface area contributed by atoms with Crippen LogP contribution in [-0.2, 0) is 11.3 Å². The third-order valence-corrected chi connectivity index (χ3v) is 2.83. The number of anilines is 1. The number of ether oxygens (including phenoxy) is 1. The molecule has 0 atom stereocenters. The molecule has 0 bridgehead atoms. The van der Waals surface area contributed by atoms with Gasteiger partial charge in [-0.05, 0) is 51.1 Å². The maximum atomic E-state index is 12.5. The second-order valence-electron chi connectivity index (χ2n) is 5.84. The molecule has 0 radical (unpaired) electrons. The standard InChI is InChI=1S/C18H19NO3/c1-5-14-8-6-9-15(12-14)19(13-16-10-7-11-21-16)17(20)22-18(2,3)4/h1,6-12H,13H2,2-4H3. The van der Waals surface area contributed by atoms with Crippen LogP contribution in [0.2, 0.25) is 0 Å². The third-order valence-electron chi connectivity index (χ3n) is 2.83. The molecule has 0 saturated carbocycles. The number of nitrogens with zero attached hydrogens (tertiary/aromatic N) is 1. The van der Waals surface area contributed by atoms with Gasteiger partial charge in [-0.25, -0.2) is 4.79 Å². The second-order valence-corrected chi connectivity index (χ2v) is 5.84. The van der Waals surface area contributed by atoms with Gasteiger partial charge in [0.25, 0.3) is 0 Å². The van der Waals surface area contributed by atoms with Crippen LogP contribution in [0.1, 0.15) is 32.1 Å². The predicted octanol–water partition coefficient (Wildman–Crippen LogP) is 4.20. The van der Waals surface area contributed by atoms with Crippen molar-refractivity contribution in [1.29, 1.82) is 0 Å². The summed E-state index contributed by atoms with van der Waals surface area (Å²) in [7, 11) is 0. The monoisotopic (exact) mass is 297 g/mol. The van der Waals surface area contributed by atoms with Crippen molar-refractivity contribution < 1.29 is 13.9 Å². The van der Waals surface area contributed by atoms with E-state index in [0.717, 1.165) is 0 Å². The largest absolute Gasteiger partial charge is 0.467 e. The molecule has 0 unspecified atom stereocenters. The molecule has 0 N–H and O–H groups in total. The van der Waals surface area contributed by atoms with E-state index in [1.54, 1.807) is 18.4 Å². The van der Waals surface area contributed by atoms with Crippen LogP contribution in [0.25, 0.3) is 0 Å². The van der Waals surface area contributed by atoms with Crippen molar-refractivity contribution in [1.82, 2.24) is 0 Å². The van der Waals surface area contributed by atoms with Crippen molar-refractivity contribution in [3.8, 4) is 12.3 Å². The fourth-order valence-corrected chi connectivity index (χ4v) is 1.90. The Bertz CT molecular complexity index is 675. The van der Waals surface area contributed by atoms with Gasteiger partial charge in [0.15, 0.2) is 0 Å². The highest BCUT2D eigenvalue weighted by Gasteiger charge is 2.24. The summed E-state index contributed by atoms with van der Waals surface area (Å²) >= 11 is 0. The lowest BCUT2D eigenvalue weighted by atomic mass is 10.2. The lowest BCUT2D eigenvalue weighted by Gasteiger charge is -2.27. The average molecular weight is 297 g/mol. The van der Waals surface area contributed by atoms with E-state index < -0.39 is 11.7 Å². The molecule has 0 fully saturated rings. The van der Waals surface area contributed by atoms with Gasteiger partial charge in [0, 0.05) is 11.3 Å². The molecule has 0 aliphatic heterocycles. The van der Waals surface area contributed by atoms with Crippen LogP contribution in [0.4, 0.5) is 10.5 Å². The Morgan fingerprint density at radius 3 is 2.68 bits per heavy atom. The number of rotatable bonds is 3. The molecule has 2 rings (SSSR count). The summed E-state index contributed by atoms with van der Waals surface area (Å²) < 4.78 is 10.8. The SMILES string of the molecule is C#Cc1cccc(N(Cc2ccco2)C(=O)OC(C)(C)C)c1. The predicted molar refractivity (Wildman–Crippen MR) is 85.5 cm³/mol. The number of hydrogen-bond donors (Lipinski definition) is 0. The van der Waals surface area contributed by atoms with Crippen molar-refractivity contribution in [3.05, 3.63) is 54.0 Å². The van der Waals surface area contributed by atoms with Crippen molar-refractivity contribution in [2.24, 2.45) is 0 Å². The number of hydrogen-bond acceptors (Lipinski definition) is 3. The Morgan fingerprint density at radius 1 is 1.32 bits per heavy atom.